The molecular formula is C26H27BrN4O2S2. The van der Waals surface area contributed by atoms with Crippen LogP contribution in [0.1, 0.15) is 21.8 Å². The Morgan fingerprint density at radius 1 is 0.914 bits per heavy atom. The first-order valence-corrected chi connectivity index (χ1v) is 14.7. The summed E-state index contributed by atoms with van der Waals surface area (Å²) in [5.41, 5.74) is 2.47. The molecule has 9 heteroatoms. The Hall–Kier alpha value is -2.33. The molecule has 182 valence electrons. The van der Waals surface area contributed by atoms with E-state index in [0.717, 1.165) is 39.2 Å². The number of thiophene rings is 1. The summed E-state index contributed by atoms with van der Waals surface area (Å²) in [6.07, 6.45) is 1.65. The molecule has 0 spiro atoms. The average Bonchev–Trinajstić information content (AvgIpc) is 3.16. The van der Waals surface area contributed by atoms with Gasteiger partial charge in [0.1, 0.15) is 16.5 Å². The van der Waals surface area contributed by atoms with Crippen molar-refractivity contribution in [3.63, 3.8) is 0 Å². The highest BCUT2D eigenvalue weighted by atomic mass is 79.9. The topological polar surface area (TPSA) is 66.4 Å². The van der Waals surface area contributed by atoms with Crippen LogP contribution in [0, 0.1) is 13.8 Å². The van der Waals surface area contributed by atoms with Gasteiger partial charge in [-0.2, -0.15) is 4.31 Å². The molecule has 1 saturated heterocycles. The zero-order valence-electron chi connectivity index (χ0n) is 19.7. The highest BCUT2D eigenvalue weighted by Gasteiger charge is 2.30. The zero-order chi connectivity index (χ0) is 24.6. The monoisotopic (exact) mass is 570 g/mol. The second-order valence-electron chi connectivity index (χ2n) is 8.76. The molecule has 4 aromatic rings. The lowest BCUT2D eigenvalue weighted by Crippen LogP contribution is -2.49. The first-order valence-electron chi connectivity index (χ1n) is 11.6. The number of rotatable bonds is 6. The van der Waals surface area contributed by atoms with E-state index < -0.39 is 10.0 Å². The molecule has 1 aliphatic rings. The summed E-state index contributed by atoms with van der Waals surface area (Å²) in [4.78, 5) is 14.7. The van der Waals surface area contributed by atoms with Crippen LogP contribution in [0.5, 0.6) is 0 Å². The largest absolute Gasteiger partial charge is 0.353 e. The Bertz CT molecular complexity index is 1450. The minimum absolute atomic E-state index is 0.325. The summed E-state index contributed by atoms with van der Waals surface area (Å²) in [5, 5.41) is 1.10. The lowest BCUT2D eigenvalue weighted by atomic mass is 10.1. The molecule has 3 heterocycles. The van der Waals surface area contributed by atoms with Gasteiger partial charge >= 0.3 is 0 Å². The fourth-order valence-corrected chi connectivity index (χ4v) is 7.14. The third-order valence-electron chi connectivity index (χ3n) is 6.53. The molecule has 5 rings (SSSR count). The number of fused-ring (bicyclic) bond motifs is 1. The number of aryl methyl sites for hydroxylation is 4. The van der Waals surface area contributed by atoms with Crippen LogP contribution in [0.25, 0.3) is 10.2 Å². The molecule has 0 atom stereocenters. The van der Waals surface area contributed by atoms with Gasteiger partial charge in [-0.15, -0.1) is 11.3 Å². The van der Waals surface area contributed by atoms with Crippen molar-refractivity contribution in [1.82, 2.24) is 14.3 Å². The number of hydrogen-bond acceptors (Lipinski definition) is 6. The minimum Gasteiger partial charge on any atom is -0.353 e. The average molecular weight is 572 g/mol. The lowest BCUT2D eigenvalue weighted by Gasteiger charge is -2.35. The molecule has 0 saturated carbocycles. The van der Waals surface area contributed by atoms with Crippen LogP contribution < -0.4 is 4.90 Å². The molecule has 2 aromatic heterocycles. The summed E-state index contributed by atoms with van der Waals surface area (Å²) in [7, 11) is -3.52. The fourth-order valence-electron chi connectivity index (χ4n) is 4.41. The maximum absolute atomic E-state index is 13.2. The van der Waals surface area contributed by atoms with E-state index in [4.69, 9.17) is 9.97 Å². The van der Waals surface area contributed by atoms with Crippen LogP contribution in [0.4, 0.5) is 5.82 Å². The van der Waals surface area contributed by atoms with Crippen molar-refractivity contribution in [2.45, 2.75) is 31.6 Å². The van der Waals surface area contributed by atoms with Crippen molar-refractivity contribution in [3.05, 3.63) is 80.9 Å². The predicted molar refractivity (Wildman–Crippen MR) is 146 cm³/mol. The lowest BCUT2D eigenvalue weighted by molar-refractivity contribution is 0.384. The van der Waals surface area contributed by atoms with Crippen LogP contribution in [-0.4, -0.2) is 48.9 Å². The van der Waals surface area contributed by atoms with E-state index in [1.807, 2.05) is 6.07 Å². The predicted octanol–water partition coefficient (Wildman–Crippen LogP) is 5.37. The summed E-state index contributed by atoms with van der Waals surface area (Å²) >= 11 is 5.08. The molecule has 0 aliphatic carbocycles. The number of benzene rings is 2. The molecule has 6 nitrogen and oxygen atoms in total. The number of piperazine rings is 1. The molecule has 35 heavy (non-hydrogen) atoms. The molecule has 0 amide bonds. The Morgan fingerprint density at radius 3 is 2.29 bits per heavy atom. The van der Waals surface area contributed by atoms with E-state index in [0.29, 0.717) is 31.1 Å². The summed E-state index contributed by atoms with van der Waals surface area (Å²) in [6.45, 7) is 6.27. The van der Waals surface area contributed by atoms with Crippen molar-refractivity contribution in [2.75, 3.05) is 31.1 Å². The van der Waals surface area contributed by atoms with Crippen molar-refractivity contribution >= 4 is 53.3 Å². The Kier molecular flexibility index (Phi) is 6.94. The number of aromatic nitrogens is 2. The summed E-state index contributed by atoms with van der Waals surface area (Å²) in [5.74, 6) is 1.77. The highest BCUT2D eigenvalue weighted by molar-refractivity contribution is 9.10. The Morgan fingerprint density at radius 2 is 1.60 bits per heavy atom. The first kappa shape index (κ1) is 24.4. The van der Waals surface area contributed by atoms with Crippen molar-refractivity contribution in [1.29, 1.82) is 0 Å². The van der Waals surface area contributed by atoms with Gasteiger partial charge in [-0.25, -0.2) is 18.4 Å². The maximum atomic E-state index is 13.2. The molecule has 0 unspecified atom stereocenters. The van der Waals surface area contributed by atoms with Gasteiger partial charge in [-0.05, 0) is 55.7 Å². The van der Waals surface area contributed by atoms with Gasteiger partial charge < -0.3 is 4.90 Å². The van der Waals surface area contributed by atoms with Gasteiger partial charge in [0.05, 0.1) is 10.3 Å². The zero-order valence-corrected chi connectivity index (χ0v) is 23.0. The Balaban J connectivity index is 1.39. The quantitative estimate of drug-likeness (QED) is 0.312. The van der Waals surface area contributed by atoms with E-state index >= 15 is 0 Å². The van der Waals surface area contributed by atoms with E-state index in [1.54, 1.807) is 39.9 Å². The molecule has 0 bridgehead atoms. The molecule has 2 aromatic carbocycles. The Labute approximate surface area is 218 Å². The minimum atomic E-state index is -3.52. The van der Waals surface area contributed by atoms with E-state index in [-0.39, 0.29) is 0 Å². The van der Waals surface area contributed by atoms with Gasteiger partial charge in [0.25, 0.3) is 0 Å². The maximum Gasteiger partial charge on any atom is 0.243 e. The summed E-state index contributed by atoms with van der Waals surface area (Å²) in [6, 6.07) is 17.2. The van der Waals surface area contributed by atoms with Crippen molar-refractivity contribution < 1.29 is 8.42 Å². The van der Waals surface area contributed by atoms with Crippen molar-refractivity contribution in [3.8, 4) is 0 Å². The number of anilines is 1. The van der Waals surface area contributed by atoms with Crippen LogP contribution in [0.3, 0.4) is 0 Å². The van der Waals surface area contributed by atoms with E-state index in [9.17, 15) is 8.42 Å². The number of nitrogens with zero attached hydrogens (tertiary/aromatic N) is 4. The van der Waals surface area contributed by atoms with Gasteiger partial charge in [0.15, 0.2) is 0 Å². The van der Waals surface area contributed by atoms with E-state index in [1.165, 1.54) is 16.0 Å². The normalized spacial score (nSPS) is 15.1. The summed E-state index contributed by atoms with van der Waals surface area (Å²) < 4.78 is 28.7. The van der Waals surface area contributed by atoms with Gasteiger partial charge in [0, 0.05) is 41.9 Å². The molecule has 1 fully saturated rings. The molecule has 0 N–H and O–H groups in total. The third-order valence-corrected chi connectivity index (χ3v) is 10.1. The van der Waals surface area contributed by atoms with Crippen LogP contribution in [0.15, 0.2) is 64.0 Å². The first-order chi connectivity index (χ1) is 16.8. The standard InChI is InChI=1S/C26H27BrN4O2S2/c1-18-19(2)34-26-24(18)25(28-23(29-26)13-8-20-6-4-3-5-7-20)30-14-16-31(17-15-30)35(32,33)22-11-9-21(27)10-12-22/h3-7,9-12H,8,13-17H2,1-2H3. The number of halogens is 1. The SMILES string of the molecule is Cc1sc2nc(CCc3ccccc3)nc(N3CCN(S(=O)(=O)c4ccc(Br)cc4)CC3)c2c1C. The second-order valence-corrected chi connectivity index (χ2v) is 12.8. The van der Waals surface area contributed by atoms with Gasteiger partial charge in [-0.3, -0.25) is 0 Å². The van der Waals surface area contributed by atoms with Crippen LogP contribution in [0.2, 0.25) is 0 Å². The second kappa shape index (κ2) is 9.97. The number of hydrogen-bond donors (Lipinski definition) is 0. The van der Waals surface area contributed by atoms with Crippen LogP contribution >= 0.6 is 27.3 Å². The molecule has 1 aliphatic heterocycles. The molecular weight excluding hydrogens is 544 g/mol. The van der Waals surface area contributed by atoms with Gasteiger partial charge in [0.2, 0.25) is 10.0 Å². The fraction of sp³-hybridized carbons (Fsp3) is 0.308. The van der Waals surface area contributed by atoms with Crippen molar-refractivity contribution in [2.24, 2.45) is 0 Å². The third kappa shape index (κ3) is 5.00. The van der Waals surface area contributed by atoms with Crippen LogP contribution in [-0.2, 0) is 22.9 Å². The smallest absolute Gasteiger partial charge is 0.243 e. The highest BCUT2D eigenvalue weighted by Crippen LogP contribution is 2.36. The number of sulfonamides is 1. The van der Waals surface area contributed by atoms with Gasteiger partial charge in [-0.1, -0.05) is 46.3 Å². The van der Waals surface area contributed by atoms with E-state index in [2.05, 4.69) is 58.9 Å². The molecule has 0 radical (unpaired) electrons.